The topological polar surface area (TPSA) is 114 Å². The number of hydrogen-bond acceptors (Lipinski definition) is 7. The molecule has 1 atom stereocenters. The van der Waals surface area contributed by atoms with E-state index in [0.717, 1.165) is 11.1 Å². The molecule has 186 valence electrons. The minimum atomic E-state index is -0.905. The van der Waals surface area contributed by atoms with Gasteiger partial charge in [0.25, 0.3) is 11.7 Å². The minimum absolute atomic E-state index is 0.0659. The maximum Gasteiger partial charge on any atom is 0.337 e. The van der Waals surface area contributed by atoms with Crippen molar-refractivity contribution in [3.8, 4) is 0 Å². The fourth-order valence-corrected chi connectivity index (χ4v) is 4.67. The number of amides is 1. The van der Waals surface area contributed by atoms with E-state index >= 15 is 0 Å². The molecular weight excluding hydrogens is 472 g/mol. The Labute approximate surface area is 212 Å². The van der Waals surface area contributed by atoms with E-state index < -0.39 is 23.7 Å². The number of imidazole rings is 1. The Kier molecular flexibility index (Phi) is 6.04. The number of nitrogens with zero attached hydrogens (tertiary/aromatic N) is 4. The lowest BCUT2D eigenvalue weighted by Crippen LogP contribution is -2.29. The van der Waals surface area contributed by atoms with Gasteiger partial charge in [0.2, 0.25) is 0 Å². The van der Waals surface area contributed by atoms with E-state index in [0.29, 0.717) is 22.5 Å². The fourth-order valence-electron chi connectivity index (χ4n) is 4.67. The SMILES string of the molecule is COC(=O)c1ccc(C2/C(=C(\O)c3nc4c(C)cccn4c3C)C(=O)C(=O)N2Cc2cccnc2)cc1. The molecule has 1 aliphatic rings. The molecule has 1 amide bonds. The highest BCUT2D eigenvalue weighted by atomic mass is 16.5. The number of carbonyl (C=O) groups is 3. The van der Waals surface area contributed by atoms with Gasteiger partial charge in [-0.1, -0.05) is 24.3 Å². The highest BCUT2D eigenvalue weighted by Crippen LogP contribution is 2.40. The summed E-state index contributed by atoms with van der Waals surface area (Å²) in [6, 6.07) is 12.8. The number of pyridine rings is 2. The number of hydrogen-bond donors (Lipinski definition) is 1. The number of aliphatic hydroxyl groups is 1. The first-order chi connectivity index (χ1) is 17.8. The Bertz CT molecular complexity index is 1570. The predicted octanol–water partition coefficient (Wildman–Crippen LogP) is 3.75. The van der Waals surface area contributed by atoms with Crippen LogP contribution in [0.15, 0.2) is 72.7 Å². The van der Waals surface area contributed by atoms with Gasteiger partial charge in [-0.05, 0) is 54.8 Å². The third-order valence-electron chi connectivity index (χ3n) is 6.57. The van der Waals surface area contributed by atoms with Gasteiger partial charge in [-0.2, -0.15) is 0 Å². The van der Waals surface area contributed by atoms with Crippen LogP contribution in [-0.2, 0) is 20.9 Å². The van der Waals surface area contributed by atoms with Crippen LogP contribution in [-0.4, -0.2) is 49.1 Å². The molecule has 0 radical (unpaired) electrons. The highest BCUT2D eigenvalue weighted by Gasteiger charge is 2.46. The molecular formula is C28H24N4O5. The first-order valence-corrected chi connectivity index (χ1v) is 11.6. The number of aromatic nitrogens is 3. The quantitative estimate of drug-likeness (QED) is 0.194. The number of ketones is 1. The Morgan fingerprint density at radius 3 is 2.49 bits per heavy atom. The third kappa shape index (κ3) is 4.04. The smallest absolute Gasteiger partial charge is 0.337 e. The number of carbonyl (C=O) groups excluding carboxylic acids is 3. The van der Waals surface area contributed by atoms with Crippen molar-refractivity contribution in [1.82, 2.24) is 19.3 Å². The van der Waals surface area contributed by atoms with Crippen LogP contribution in [0.25, 0.3) is 11.4 Å². The summed E-state index contributed by atoms with van der Waals surface area (Å²) in [6.07, 6.45) is 5.06. The second kappa shape index (κ2) is 9.34. The number of esters is 1. The predicted molar refractivity (Wildman–Crippen MR) is 135 cm³/mol. The molecule has 1 saturated heterocycles. The summed E-state index contributed by atoms with van der Waals surface area (Å²) in [7, 11) is 1.29. The van der Waals surface area contributed by atoms with Crippen LogP contribution in [0.5, 0.6) is 0 Å². The molecule has 37 heavy (non-hydrogen) atoms. The second-order valence-corrected chi connectivity index (χ2v) is 8.83. The first-order valence-electron chi connectivity index (χ1n) is 11.6. The molecule has 1 N–H and O–H groups in total. The summed E-state index contributed by atoms with van der Waals surface area (Å²) < 4.78 is 6.61. The molecule has 4 heterocycles. The first kappa shape index (κ1) is 23.9. The van der Waals surface area contributed by atoms with Gasteiger partial charge in [-0.3, -0.25) is 14.6 Å². The highest BCUT2D eigenvalue weighted by molar-refractivity contribution is 6.46. The van der Waals surface area contributed by atoms with Gasteiger partial charge < -0.3 is 19.1 Å². The van der Waals surface area contributed by atoms with Gasteiger partial charge in [0.1, 0.15) is 11.3 Å². The maximum atomic E-state index is 13.4. The van der Waals surface area contributed by atoms with Crippen molar-refractivity contribution < 1.29 is 24.2 Å². The number of benzene rings is 1. The van der Waals surface area contributed by atoms with Gasteiger partial charge in [0, 0.05) is 25.1 Å². The van der Waals surface area contributed by atoms with Crippen LogP contribution in [0.4, 0.5) is 0 Å². The molecule has 1 fully saturated rings. The maximum absolute atomic E-state index is 13.4. The van der Waals surface area contributed by atoms with Crippen LogP contribution in [0.2, 0.25) is 0 Å². The van der Waals surface area contributed by atoms with E-state index in [1.54, 1.807) is 55.7 Å². The third-order valence-corrected chi connectivity index (χ3v) is 6.57. The van der Waals surface area contributed by atoms with Crippen molar-refractivity contribution in [2.45, 2.75) is 26.4 Å². The lowest BCUT2D eigenvalue weighted by atomic mass is 9.95. The molecule has 1 unspecified atom stereocenters. The van der Waals surface area contributed by atoms with E-state index in [1.165, 1.54) is 12.0 Å². The van der Waals surface area contributed by atoms with Crippen LogP contribution in [0, 0.1) is 13.8 Å². The summed E-state index contributed by atoms with van der Waals surface area (Å²) in [5.74, 6) is -2.41. The lowest BCUT2D eigenvalue weighted by molar-refractivity contribution is -0.140. The van der Waals surface area contributed by atoms with Gasteiger partial charge >= 0.3 is 5.97 Å². The van der Waals surface area contributed by atoms with Crippen LogP contribution in [0.1, 0.15) is 44.5 Å². The van der Waals surface area contributed by atoms with E-state index in [-0.39, 0.29) is 23.6 Å². The van der Waals surface area contributed by atoms with E-state index in [9.17, 15) is 19.5 Å². The standard InChI is InChI=1S/C28H24N4O5/c1-16-6-5-13-31-17(2)22(30-26(16)31)24(33)21-23(19-8-10-20(11-9-19)28(36)37-3)32(27(35)25(21)34)15-18-7-4-12-29-14-18/h4-14,23,33H,15H2,1-3H3/b24-21+. The zero-order valence-electron chi connectivity index (χ0n) is 20.5. The average Bonchev–Trinajstić information content (AvgIpc) is 3.39. The number of ether oxygens (including phenoxy) is 1. The zero-order chi connectivity index (χ0) is 26.3. The molecule has 9 nitrogen and oxygen atoms in total. The number of rotatable bonds is 5. The molecule has 3 aromatic heterocycles. The van der Waals surface area contributed by atoms with Crippen LogP contribution in [0.3, 0.4) is 0 Å². The van der Waals surface area contributed by atoms with E-state index in [2.05, 4.69) is 9.97 Å². The number of likely N-dealkylation sites (tertiary alicyclic amines) is 1. The number of aliphatic hydroxyl groups excluding tert-OH is 1. The Balaban J connectivity index is 1.69. The Morgan fingerprint density at radius 1 is 1.08 bits per heavy atom. The van der Waals surface area contributed by atoms with Crippen molar-refractivity contribution >= 4 is 29.1 Å². The second-order valence-electron chi connectivity index (χ2n) is 8.83. The number of methoxy groups -OCH3 is 1. The van der Waals surface area contributed by atoms with E-state index in [4.69, 9.17) is 4.74 Å². The lowest BCUT2D eigenvalue weighted by Gasteiger charge is -2.25. The Hall–Kier alpha value is -4.79. The number of aryl methyl sites for hydroxylation is 2. The van der Waals surface area contributed by atoms with Crippen molar-refractivity contribution in [2.75, 3.05) is 7.11 Å². The molecule has 0 aliphatic carbocycles. The summed E-state index contributed by atoms with van der Waals surface area (Å²) in [6.45, 7) is 3.80. The zero-order valence-corrected chi connectivity index (χ0v) is 20.5. The van der Waals surface area contributed by atoms with Gasteiger partial charge in [0.15, 0.2) is 5.76 Å². The van der Waals surface area contributed by atoms with Crippen molar-refractivity contribution in [3.05, 3.63) is 106 Å². The van der Waals surface area contributed by atoms with Crippen molar-refractivity contribution in [1.29, 1.82) is 0 Å². The summed E-state index contributed by atoms with van der Waals surface area (Å²) >= 11 is 0. The normalized spacial score (nSPS) is 16.9. The fraction of sp³-hybridized carbons (Fsp3) is 0.179. The van der Waals surface area contributed by atoms with Crippen molar-refractivity contribution in [3.63, 3.8) is 0 Å². The minimum Gasteiger partial charge on any atom is -0.505 e. The molecule has 4 aromatic rings. The van der Waals surface area contributed by atoms with E-state index in [1.807, 2.05) is 29.7 Å². The molecule has 0 saturated carbocycles. The number of Topliss-reactive ketones (excluding diaryl/α,β-unsaturated/α-hetero) is 1. The summed E-state index contributed by atoms with van der Waals surface area (Å²) in [5, 5.41) is 11.5. The van der Waals surface area contributed by atoms with Gasteiger partial charge in [0.05, 0.1) is 30.0 Å². The molecule has 1 aromatic carbocycles. The summed E-state index contributed by atoms with van der Waals surface area (Å²) in [5.41, 5.74) is 3.93. The average molecular weight is 497 g/mol. The van der Waals surface area contributed by atoms with Crippen LogP contribution >= 0.6 is 0 Å². The monoisotopic (exact) mass is 496 g/mol. The molecule has 1 aliphatic heterocycles. The van der Waals surface area contributed by atoms with Crippen molar-refractivity contribution in [2.24, 2.45) is 0 Å². The number of fused-ring (bicyclic) bond motifs is 1. The molecule has 0 spiro atoms. The largest absolute Gasteiger partial charge is 0.505 e. The Morgan fingerprint density at radius 2 is 1.84 bits per heavy atom. The van der Waals surface area contributed by atoms with Crippen LogP contribution < -0.4 is 0 Å². The molecule has 5 rings (SSSR count). The summed E-state index contributed by atoms with van der Waals surface area (Å²) in [4.78, 5) is 48.7. The molecule has 0 bridgehead atoms. The van der Waals surface area contributed by atoms with Gasteiger partial charge in [-0.15, -0.1) is 0 Å². The van der Waals surface area contributed by atoms with Gasteiger partial charge in [-0.25, -0.2) is 9.78 Å². The molecule has 9 heteroatoms.